The Labute approximate surface area is 186 Å². The lowest BCUT2D eigenvalue weighted by molar-refractivity contribution is -0.157. The average Bonchev–Trinajstić information content (AvgIpc) is 2.82. The molecular formula is C22H19FN4O6. The first-order valence-corrected chi connectivity index (χ1v) is 9.72. The first-order valence-electron chi connectivity index (χ1n) is 9.72. The zero-order valence-corrected chi connectivity index (χ0v) is 17.9. The van der Waals surface area contributed by atoms with Gasteiger partial charge in [0.25, 0.3) is 5.56 Å². The fourth-order valence-electron chi connectivity index (χ4n) is 3.63. The Morgan fingerprint density at radius 3 is 2.45 bits per heavy atom. The largest absolute Gasteiger partial charge is 0.497 e. The van der Waals surface area contributed by atoms with E-state index in [0.29, 0.717) is 16.9 Å². The topological polar surface area (TPSA) is 122 Å². The van der Waals surface area contributed by atoms with Gasteiger partial charge in [-0.3, -0.25) is 9.59 Å². The molecule has 0 bridgehead atoms. The van der Waals surface area contributed by atoms with Gasteiger partial charge >= 0.3 is 11.9 Å². The molecule has 1 aliphatic rings. The molecule has 0 saturated carbocycles. The molecule has 1 aliphatic heterocycles. The number of ether oxygens (including phenoxy) is 3. The van der Waals surface area contributed by atoms with Gasteiger partial charge in [0.1, 0.15) is 18.0 Å². The Morgan fingerprint density at radius 2 is 1.82 bits per heavy atom. The number of nitrogens with one attached hydrogen (secondary N) is 1. The maximum Gasteiger partial charge on any atom is 0.355 e. The summed E-state index contributed by atoms with van der Waals surface area (Å²) in [6, 6.07) is 10.2. The predicted octanol–water partition coefficient (Wildman–Crippen LogP) is 1.93. The monoisotopic (exact) mass is 454 g/mol. The highest BCUT2D eigenvalue weighted by Crippen LogP contribution is 2.39. The van der Waals surface area contributed by atoms with Gasteiger partial charge in [-0.05, 0) is 42.5 Å². The van der Waals surface area contributed by atoms with E-state index >= 15 is 0 Å². The first kappa shape index (κ1) is 21.9. The number of esters is 2. The van der Waals surface area contributed by atoms with Crippen LogP contribution in [0.3, 0.4) is 0 Å². The van der Waals surface area contributed by atoms with Gasteiger partial charge in [0.15, 0.2) is 11.5 Å². The van der Waals surface area contributed by atoms with Crippen molar-refractivity contribution in [3.63, 3.8) is 0 Å². The second-order valence-electron chi connectivity index (χ2n) is 7.15. The second-order valence-corrected chi connectivity index (χ2v) is 7.15. The van der Waals surface area contributed by atoms with Gasteiger partial charge in [-0.2, -0.15) is 10.1 Å². The van der Waals surface area contributed by atoms with Gasteiger partial charge in [-0.1, -0.05) is 0 Å². The zero-order chi connectivity index (χ0) is 23.8. The lowest BCUT2D eigenvalue weighted by Crippen LogP contribution is -2.55. The minimum atomic E-state index is -1.99. The number of carbonyl (C=O) groups is 2. The summed E-state index contributed by atoms with van der Waals surface area (Å²) in [5.74, 6) is -1.76. The fraction of sp³-hybridized carbons (Fsp3) is 0.227. The second kappa shape index (κ2) is 8.34. The molecule has 10 nitrogen and oxygen atoms in total. The molecule has 2 heterocycles. The van der Waals surface area contributed by atoms with E-state index in [1.165, 1.54) is 19.2 Å². The van der Waals surface area contributed by atoms with Crippen molar-refractivity contribution in [1.29, 1.82) is 0 Å². The highest BCUT2D eigenvalue weighted by atomic mass is 19.1. The van der Waals surface area contributed by atoms with Crippen LogP contribution in [-0.2, 0) is 24.7 Å². The molecule has 1 aromatic heterocycles. The zero-order valence-electron chi connectivity index (χ0n) is 17.9. The van der Waals surface area contributed by atoms with E-state index in [0.717, 1.165) is 25.0 Å². The van der Waals surface area contributed by atoms with Gasteiger partial charge in [0.2, 0.25) is 5.66 Å². The fourth-order valence-corrected chi connectivity index (χ4v) is 3.63. The van der Waals surface area contributed by atoms with Crippen LogP contribution in [0.4, 0.5) is 10.1 Å². The van der Waals surface area contributed by atoms with E-state index in [4.69, 9.17) is 14.2 Å². The Hall–Kier alpha value is -4.28. The third-order valence-corrected chi connectivity index (χ3v) is 5.25. The van der Waals surface area contributed by atoms with Crippen molar-refractivity contribution in [2.24, 2.45) is 0 Å². The molecule has 0 saturated heterocycles. The third kappa shape index (κ3) is 3.67. The summed E-state index contributed by atoms with van der Waals surface area (Å²) in [7, 11) is 3.79. The molecule has 170 valence electrons. The molecule has 2 aromatic carbocycles. The van der Waals surface area contributed by atoms with Crippen LogP contribution in [0.1, 0.15) is 6.42 Å². The summed E-state index contributed by atoms with van der Waals surface area (Å²) in [5, 5.41) is 7.27. The summed E-state index contributed by atoms with van der Waals surface area (Å²) in [6.45, 7) is 0. The van der Waals surface area contributed by atoms with Gasteiger partial charge in [-0.15, -0.1) is 0 Å². The standard InChI is InChI=1S/C22H19FN4O6/c1-31-14-7-4-12(5-8-14)18-20(29)24-19-15-9-6-13(23)10-16(15)25-22(21(30)33-3,27(19)26-18)11-17(28)32-2/h4-10,25H,11H2,1-3H3. The van der Waals surface area contributed by atoms with Crippen molar-refractivity contribution < 1.29 is 28.2 Å². The Bertz CT molecular complexity index is 1310. The van der Waals surface area contributed by atoms with E-state index in [1.807, 2.05) is 0 Å². The lowest BCUT2D eigenvalue weighted by Gasteiger charge is -2.38. The van der Waals surface area contributed by atoms with Crippen LogP contribution in [0.2, 0.25) is 0 Å². The lowest BCUT2D eigenvalue weighted by atomic mass is 9.99. The number of methoxy groups -OCH3 is 3. The molecule has 4 rings (SSSR count). The normalized spacial score (nSPS) is 16.1. The number of anilines is 1. The summed E-state index contributed by atoms with van der Waals surface area (Å²) >= 11 is 0. The minimum absolute atomic E-state index is 0.0414. The third-order valence-electron chi connectivity index (χ3n) is 5.25. The molecule has 1 unspecified atom stereocenters. The van der Waals surface area contributed by atoms with Crippen LogP contribution in [0.5, 0.6) is 5.75 Å². The van der Waals surface area contributed by atoms with E-state index in [9.17, 15) is 18.8 Å². The summed E-state index contributed by atoms with van der Waals surface area (Å²) in [6.07, 6.45) is -0.571. The minimum Gasteiger partial charge on any atom is -0.497 e. The van der Waals surface area contributed by atoms with Crippen LogP contribution >= 0.6 is 0 Å². The van der Waals surface area contributed by atoms with E-state index in [1.54, 1.807) is 24.3 Å². The number of nitrogens with zero attached hydrogens (tertiary/aromatic N) is 3. The van der Waals surface area contributed by atoms with Crippen LogP contribution in [0, 0.1) is 5.82 Å². The Balaban J connectivity index is 2.02. The van der Waals surface area contributed by atoms with E-state index < -0.39 is 35.4 Å². The van der Waals surface area contributed by atoms with Gasteiger partial charge < -0.3 is 19.5 Å². The number of benzene rings is 2. The first-order chi connectivity index (χ1) is 15.8. The van der Waals surface area contributed by atoms with Crippen molar-refractivity contribution >= 4 is 17.6 Å². The molecule has 33 heavy (non-hydrogen) atoms. The maximum absolute atomic E-state index is 14.0. The summed E-state index contributed by atoms with van der Waals surface area (Å²) in [5.41, 5.74) is -1.89. The maximum atomic E-state index is 14.0. The quantitative estimate of drug-likeness (QED) is 0.576. The van der Waals surface area contributed by atoms with Crippen molar-refractivity contribution in [3.05, 3.63) is 58.6 Å². The molecule has 0 fully saturated rings. The molecule has 3 aromatic rings. The molecule has 0 radical (unpaired) electrons. The van der Waals surface area contributed by atoms with Crippen molar-refractivity contribution in [3.8, 4) is 28.4 Å². The molecular weight excluding hydrogens is 435 g/mol. The molecule has 11 heteroatoms. The number of halogens is 1. The van der Waals surface area contributed by atoms with Gasteiger partial charge in [0.05, 0.1) is 27.0 Å². The molecule has 1 atom stereocenters. The van der Waals surface area contributed by atoms with Crippen molar-refractivity contribution in [2.75, 3.05) is 26.6 Å². The van der Waals surface area contributed by atoms with E-state index in [2.05, 4.69) is 15.4 Å². The van der Waals surface area contributed by atoms with Crippen LogP contribution in [0.25, 0.3) is 22.6 Å². The van der Waals surface area contributed by atoms with Crippen LogP contribution in [0.15, 0.2) is 47.3 Å². The van der Waals surface area contributed by atoms with E-state index in [-0.39, 0.29) is 17.2 Å². The van der Waals surface area contributed by atoms with Crippen molar-refractivity contribution in [1.82, 2.24) is 14.8 Å². The summed E-state index contributed by atoms with van der Waals surface area (Å²) in [4.78, 5) is 42.4. The van der Waals surface area contributed by atoms with Crippen LogP contribution in [-0.4, -0.2) is 48.0 Å². The highest BCUT2D eigenvalue weighted by molar-refractivity contribution is 5.92. The molecule has 0 spiro atoms. The number of hydrogen-bond acceptors (Lipinski definition) is 9. The smallest absolute Gasteiger partial charge is 0.355 e. The average molecular weight is 454 g/mol. The number of aromatic nitrogens is 3. The molecule has 0 aliphatic carbocycles. The number of fused-ring (bicyclic) bond motifs is 3. The number of rotatable bonds is 5. The van der Waals surface area contributed by atoms with Crippen LogP contribution < -0.4 is 15.6 Å². The summed E-state index contributed by atoms with van der Waals surface area (Å²) < 4.78 is 30.0. The Morgan fingerprint density at radius 1 is 1.09 bits per heavy atom. The predicted molar refractivity (Wildman–Crippen MR) is 114 cm³/mol. The number of hydrogen-bond donors (Lipinski definition) is 1. The van der Waals surface area contributed by atoms with Gasteiger partial charge in [-0.25, -0.2) is 13.9 Å². The van der Waals surface area contributed by atoms with Crippen molar-refractivity contribution in [2.45, 2.75) is 12.1 Å². The highest BCUT2D eigenvalue weighted by Gasteiger charge is 2.50. The SMILES string of the molecule is COC(=O)CC1(C(=O)OC)Nc2cc(F)ccc2-c2nc(=O)c(-c3ccc(OC)cc3)nn21. The molecule has 0 amide bonds. The number of carbonyl (C=O) groups excluding carboxylic acids is 2. The van der Waals surface area contributed by atoms with Gasteiger partial charge in [0, 0.05) is 11.1 Å². The Kier molecular flexibility index (Phi) is 5.54. The molecule has 1 N–H and O–H groups in total.